The van der Waals surface area contributed by atoms with E-state index in [1.807, 2.05) is 29.3 Å². The lowest BCUT2D eigenvalue weighted by Crippen LogP contribution is -2.45. The Morgan fingerprint density at radius 1 is 1.14 bits per heavy atom. The van der Waals surface area contributed by atoms with Gasteiger partial charge in [0.15, 0.2) is 0 Å². The average Bonchev–Trinajstić information content (AvgIpc) is 3.46. The van der Waals surface area contributed by atoms with E-state index in [-0.39, 0.29) is 23.8 Å². The molecule has 7 rings (SSSR count). The van der Waals surface area contributed by atoms with Crippen molar-refractivity contribution >= 4 is 28.2 Å². The quantitative estimate of drug-likeness (QED) is 0.333. The van der Waals surface area contributed by atoms with Gasteiger partial charge in [-0.15, -0.1) is 0 Å². The minimum absolute atomic E-state index is 0.00598. The number of pyridine rings is 1. The van der Waals surface area contributed by atoms with Crippen molar-refractivity contribution in [1.29, 1.82) is 0 Å². The molecule has 2 amide bonds. The zero-order valence-electron chi connectivity index (χ0n) is 24.3. The fourth-order valence-electron chi connectivity index (χ4n) is 6.52. The van der Waals surface area contributed by atoms with Crippen LogP contribution in [0.15, 0.2) is 36.5 Å². The number of carbonyl (C=O) groups excluding carboxylic acids is 2. The SMILES string of the molecule is COc1cc(C(=O)N2CCCC(N)C2)cn2nc(-c3cc4cccc(OCC5CNC(=O)C5)c4n3CC3CC3)c(C)c12. The Hall–Kier alpha value is -4.05. The number of hydrogen-bond donors (Lipinski definition) is 2. The fourth-order valence-corrected chi connectivity index (χ4v) is 6.52. The van der Waals surface area contributed by atoms with Crippen LogP contribution in [0.3, 0.4) is 0 Å². The lowest BCUT2D eigenvalue weighted by Gasteiger charge is -2.30. The number of nitrogens with two attached hydrogens (primary N) is 1. The number of benzene rings is 1. The van der Waals surface area contributed by atoms with Gasteiger partial charge in [-0.1, -0.05) is 12.1 Å². The summed E-state index contributed by atoms with van der Waals surface area (Å²) in [7, 11) is 1.63. The first-order valence-electron chi connectivity index (χ1n) is 15.0. The molecule has 5 heterocycles. The van der Waals surface area contributed by atoms with Gasteiger partial charge < -0.3 is 30.0 Å². The predicted octanol–water partition coefficient (Wildman–Crippen LogP) is 3.76. The summed E-state index contributed by atoms with van der Waals surface area (Å²) in [5.41, 5.74) is 11.5. The van der Waals surface area contributed by atoms with Gasteiger partial charge in [-0.3, -0.25) is 9.59 Å². The van der Waals surface area contributed by atoms with Crippen molar-refractivity contribution in [3.63, 3.8) is 0 Å². The average molecular weight is 571 g/mol. The van der Waals surface area contributed by atoms with Gasteiger partial charge in [-0.05, 0) is 56.7 Å². The molecule has 3 aromatic heterocycles. The van der Waals surface area contributed by atoms with Crippen LogP contribution in [0.5, 0.6) is 11.5 Å². The second-order valence-corrected chi connectivity index (χ2v) is 12.2. The van der Waals surface area contributed by atoms with Crippen molar-refractivity contribution in [2.45, 2.75) is 51.6 Å². The number of rotatable bonds is 8. The summed E-state index contributed by atoms with van der Waals surface area (Å²) in [6, 6.07) is 10.2. The number of amides is 2. The van der Waals surface area contributed by atoms with Crippen LogP contribution in [-0.2, 0) is 11.3 Å². The van der Waals surface area contributed by atoms with E-state index in [2.05, 4.69) is 28.9 Å². The number of fused-ring (bicyclic) bond motifs is 2. The second kappa shape index (κ2) is 10.7. The van der Waals surface area contributed by atoms with E-state index in [1.165, 1.54) is 12.8 Å². The molecule has 2 saturated heterocycles. The van der Waals surface area contributed by atoms with E-state index in [0.717, 1.165) is 58.5 Å². The van der Waals surface area contributed by atoms with Crippen LogP contribution in [0, 0.1) is 18.8 Å². The number of methoxy groups -OCH3 is 1. The van der Waals surface area contributed by atoms with Crippen LogP contribution in [0.25, 0.3) is 27.8 Å². The topological polar surface area (TPSA) is 116 Å². The summed E-state index contributed by atoms with van der Waals surface area (Å²) in [6.45, 7) is 5.35. The third-order valence-electron chi connectivity index (χ3n) is 8.94. The Balaban J connectivity index is 1.30. The largest absolute Gasteiger partial charge is 0.494 e. The monoisotopic (exact) mass is 570 g/mol. The molecule has 1 aliphatic carbocycles. The van der Waals surface area contributed by atoms with Gasteiger partial charge in [-0.25, -0.2) is 4.52 Å². The van der Waals surface area contributed by atoms with Gasteiger partial charge in [0.05, 0.1) is 30.5 Å². The van der Waals surface area contributed by atoms with E-state index >= 15 is 0 Å². The molecule has 1 saturated carbocycles. The lowest BCUT2D eigenvalue weighted by molar-refractivity contribution is -0.119. The smallest absolute Gasteiger partial charge is 0.255 e. The summed E-state index contributed by atoms with van der Waals surface area (Å²) in [6.07, 6.45) is 6.58. The van der Waals surface area contributed by atoms with Gasteiger partial charge in [-0.2, -0.15) is 5.10 Å². The summed E-state index contributed by atoms with van der Waals surface area (Å²) in [4.78, 5) is 27.0. The first kappa shape index (κ1) is 26.8. The Labute approximate surface area is 244 Å². The maximum Gasteiger partial charge on any atom is 0.255 e. The zero-order valence-corrected chi connectivity index (χ0v) is 24.3. The van der Waals surface area contributed by atoms with E-state index in [4.69, 9.17) is 20.3 Å². The van der Waals surface area contributed by atoms with E-state index in [0.29, 0.717) is 49.9 Å². The summed E-state index contributed by atoms with van der Waals surface area (Å²) >= 11 is 0. The minimum atomic E-state index is -0.0520. The first-order valence-corrected chi connectivity index (χ1v) is 15.0. The number of nitrogens with one attached hydrogen (secondary N) is 1. The Bertz CT molecular complexity index is 1690. The third kappa shape index (κ3) is 4.87. The molecule has 0 spiro atoms. The summed E-state index contributed by atoms with van der Waals surface area (Å²) in [5.74, 6) is 2.27. The molecule has 3 N–H and O–H groups in total. The maximum atomic E-state index is 13.5. The molecular formula is C32H38N6O4. The highest BCUT2D eigenvalue weighted by Crippen LogP contribution is 2.41. The molecule has 0 bridgehead atoms. The lowest BCUT2D eigenvalue weighted by atomic mass is 10.1. The van der Waals surface area contributed by atoms with Crippen LogP contribution in [0.1, 0.15) is 48.0 Å². The normalized spacial score (nSPS) is 20.8. The van der Waals surface area contributed by atoms with Gasteiger partial charge in [0.25, 0.3) is 5.91 Å². The number of hydrogen-bond acceptors (Lipinski definition) is 6. The summed E-state index contributed by atoms with van der Waals surface area (Å²) in [5, 5.41) is 9.05. The van der Waals surface area contributed by atoms with Crippen molar-refractivity contribution in [3.05, 3.63) is 47.7 Å². The number of ether oxygens (including phenoxy) is 2. The predicted molar refractivity (Wildman–Crippen MR) is 160 cm³/mol. The molecule has 10 heteroatoms. The Morgan fingerprint density at radius 2 is 2.00 bits per heavy atom. The van der Waals surface area contributed by atoms with E-state index in [9.17, 15) is 9.59 Å². The van der Waals surface area contributed by atoms with Gasteiger partial charge in [0.2, 0.25) is 5.91 Å². The van der Waals surface area contributed by atoms with E-state index in [1.54, 1.807) is 11.6 Å². The summed E-state index contributed by atoms with van der Waals surface area (Å²) < 4.78 is 16.3. The highest BCUT2D eigenvalue weighted by molar-refractivity contribution is 5.96. The van der Waals surface area contributed by atoms with Gasteiger partial charge in [0.1, 0.15) is 22.7 Å². The van der Waals surface area contributed by atoms with Crippen molar-refractivity contribution < 1.29 is 19.1 Å². The molecule has 1 aromatic carbocycles. The standard InChI is InChI=1S/C32H38N6O4/c1-19-29(35-38-16-23(13-27(41-2)30(19)38)32(40)36-10-4-6-24(33)17-36)25-12-22-5-3-7-26(31(22)37(25)15-20-8-9-20)42-18-21-11-28(39)34-14-21/h3,5,7,12-13,16,20-21,24H,4,6,8-11,14-15,17-18,33H2,1-2H3,(H,34,39). The second-order valence-electron chi connectivity index (χ2n) is 12.2. The number of aromatic nitrogens is 3. The van der Waals surface area contributed by atoms with Crippen LogP contribution in [-0.4, -0.2) is 70.3 Å². The molecule has 4 aromatic rings. The van der Waals surface area contributed by atoms with E-state index < -0.39 is 0 Å². The molecule has 2 aliphatic heterocycles. The first-order chi connectivity index (χ1) is 20.4. The third-order valence-corrected chi connectivity index (χ3v) is 8.94. The molecule has 2 unspecified atom stereocenters. The molecule has 3 fully saturated rings. The number of para-hydroxylation sites is 1. The zero-order chi connectivity index (χ0) is 29.0. The Morgan fingerprint density at radius 3 is 2.74 bits per heavy atom. The number of carbonyl (C=O) groups is 2. The molecule has 220 valence electrons. The number of piperidine rings is 1. The highest BCUT2D eigenvalue weighted by Gasteiger charge is 2.29. The number of aryl methyl sites for hydroxylation is 1. The number of nitrogens with zero attached hydrogens (tertiary/aromatic N) is 4. The van der Waals surface area contributed by atoms with Crippen LogP contribution < -0.4 is 20.5 Å². The fraction of sp³-hybridized carbons (Fsp3) is 0.469. The molecule has 10 nitrogen and oxygen atoms in total. The van der Waals surface area contributed by atoms with Gasteiger partial charge >= 0.3 is 0 Å². The van der Waals surface area contributed by atoms with Crippen molar-refractivity contribution in [3.8, 4) is 22.9 Å². The molecular weight excluding hydrogens is 532 g/mol. The van der Waals surface area contributed by atoms with Crippen LogP contribution >= 0.6 is 0 Å². The molecule has 3 aliphatic rings. The molecule has 2 atom stereocenters. The van der Waals surface area contributed by atoms with Gasteiger partial charge in [0, 0.05) is 61.7 Å². The van der Waals surface area contributed by atoms with Crippen molar-refractivity contribution in [1.82, 2.24) is 24.4 Å². The van der Waals surface area contributed by atoms with Crippen LogP contribution in [0.4, 0.5) is 0 Å². The van der Waals surface area contributed by atoms with Crippen LogP contribution in [0.2, 0.25) is 0 Å². The minimum Gasteiger partial charge on any atom is -0.494 e. The van der Waals surface area contributed by atoms with Crippen molar-refractivity contribution in [2.75, 3.05) is 33.4 Å². The van der Waals surface area contributed by atoms with Crippen molar-refractivity contribution in [2.24, 2.45) is 17.6 Å². The highest BCUT2D eigenvalue weighted by atomic mass is 16.5. The molecule has 42 heavy (non-hydrogen) atoms. The molecule has 0 radical (unpaired) electrons. The number of likely N-dealkylation sites (tertiary alicyclic amines) is 1. The Kier molecular flexibility index (Phi) is 6.80. The maximum absolute atomic E-state index is 13.5.